The van der Waals surface area contributed by atoms with Crippen molar-refractivity contribution < 1.29 is 4.79 Å². The maximum Gasteiger partial charge on any atom is 0.239 e. The first-order valence-corrected chi connectivity index (χ1v) is 5.40. The molecule has 0 spiro atoms. The second-order valence-corrected chi connectivity index (χ2v) is 4.52. The van der Waals surface area contributed by atoms with E-state index in [1.165, 1.54) is 0 Å². The molecule has 0 aliphatic rings. The van der Waals surface area contributed by atoms with Gasteiger partial charge in [0, 0.05) is 13.6 Å². The molecule has 0 aliphatic heterocycles. The summed E-state index contributed by atoms with van der Waals surface area (Å²) in [6.45, 7) is 9.05. The minimum Gasteiger partial charge on any atom is -0.344 e. The summed E-state index contributed by atoms with van der Waals surface area (Å²) in [4.78, 5) is 13.5. The normalized spacial score (nSPS) is 15.4. The third-order valence-corrected chi connectivity index (χ3v) is 2.56. The lowest BCUT2D eigenvalue weighted by atomic mass is 9.99. The fraction of sp³-hybridized carbons (Fsp3) is 0.909. The average molecular weight is 200 g/mol. The molecular formula is C11H24N2O. The zero-order valence-electron chi connectivity index (χ0n) is 10.1. The van der Waals surface area contributed by atoms with Gasteiger partial charge in [0.15, 0.2) is 0 Å². The van der Waals surface area contributed by atoms with E-state index in [1.54, 1.807) is 4.90 Å². The van der Waals surface area contributed by atoms with Crippen LogP contribution in [0, 0.1) is 11.8 Å². The van der Waals surface area contributed by atoms with E-state index >= 15 is 0 Å². The molecule has 0 fully saturated rings. The fourth-order valence-corrected chi connectivity index (χ4v) is 1.39. The van der Waals surface area contributed by atoms with Crippen LogP contribution in [0.1, 0.15) is 34.1 Å². The minimum absolute atomic E-state index is 0.0630. The number of hydrogen-bond acceptors (Lipinski definition) is 2. The third-order valence-electron chi connectivity index (χ3n) is 2.56. The number of carbonyl (C=O) groups excluding carboxylic acids is 1. The summed E-state index contributed by atoms with van der Waals surface area (Å²) in [7, 11) is 1.82. The molecule has 0 aromatic rings. The molecule has 2 N–H and O–H groups in total. The van der Waals surface area contributed by atoms with Gasteiger partial charge >= 0.3 is 0 Å². The molecule has 2 atom stereocenters. The lowest BCUT2D eigenvalue weighted by molar-refractivity contribution is -0.132. The first-order valence-electron chi connectivity index (χ1n) is 5.40. The van der Waals surface area contributed by atoms with Gasteiger partial charge in [-0.05, 0) is 11.8 Å². The molecule has 0 aromatic heterocycles. The fourth-order valence-electron chi connectivity index (χ4n) is 1.39. The molecule has 2 unspecified atom stereocenters. The van der Waals surface area contributed by atoms with Crippen LogP contribution in [0.15, 0.2) is 0 Å². The summed E-state index contributed by atoms with van der Waals surface area (Å²) in [5.74, 6) is 0.818. The van der Waals surface area contributed by atoms with Crippen LogP contribution in [0.5, 0.6) is 0 Å². The highest BCUT2D eigenvalue weighted by Gasteiger charge is 2.22. The molecule has 3 nitrogen and oxygen atoms in total. The summed E-state index contributed by atoms with van der Waals surface area (Å²) in [6.07, 6.45) is 0.947. The highest BCUT2D eigenvalue weighted by atomic mass is 16.2. The summed E-state index contributed by atoms with van der Waals surface area (Å²) >= 11 is 0. The Kier molecular flexibility index (Phi) is 5.77. The lowest BCUT2D eigenvalue weighted by Gasteiger charge is -2.25. The van der Waals surface area contributed by atoms with Gasteiger partial charge in [-0.1, -0.05) is 34.1 Å². The maximum absolute atomic E-state index is 11.8. The van der Waals surface area contributed by atoms with Crippen LogP contribution >= 0.6 is 0 Å². The van der Waals surface area contributed by atoms with Gasteiger partial charge < -0.3 is 10.6 Å². The molecule has 0 aromatic carbocycles. The molecule has 1 amide bonds. The number of rotatable bonds is 5. The maximum atomic E-state index is 11.8. The van der Waals surface area contributed by atoms with Gasteiger partial charge in [0.05, 0.1) is 6.04 Å². The van der Waals surface area contributed by atoms with Crippen molar-refractivity contribution in [3.05, 3.63) is 0 Å². The summed E-state index contributed by atoms with van der Waals surface area (Å²) < 4.78 is 0. The average Bonchev–Trinajstić information content (AvgIpc) is 2.13. The Hall–Kier alpha value is -0.570. The van der Waals surface area contributed by atoms with E-state index in [4.69, 9.17) is 5.73 Å². The van der Waals surface area contributed by atoms with Crippen molar-refractivity contribution in [2.45, 2.75) is 40.2 Å². The van der Waals surface area contributed by atoms with E-state index in [1.807, 2.05) is 14.0 Å². The molecule has 0 heterocycles. The summed E-state index contributed by atoms with van der Waals surface area (Å²) in [6, 6.07) is -0.344. The van der Waals surface area contributed by atoms with E-state index in [0.29, 0.717) is 5.92 Å². The monoisotopic (exact) mass is 200 g/mol. The molecule has 0 bridgehead atoms. The summed E-state index contributed by atoms with van der Waals surface area (Å²) in [5.41, 5.74) is 5.86. The van der Waals surface area contributed by atoms with Gasteiger partial charge in [0.1, 0.15) is 0 Å². The van der Waals surface area contributed by atoms with E-state index in [9.17, 15) is 4.79 Å². The molecule has 14 heavy (non-hydrogen) atoms. The van der Waals surface area contributed by atoms with Crippen molar-refractivity contribution >= 4 is 5.91 Å². The van der Waals surface area contributed by atoms with E-state index < -0.39 is 0 Å². The predicted octanol–water partition coefficient (Wildman–Crippen LogP) is 1.47. The number of carbonyl (C=O) groups is 1. The molecule has 84 valence electrons. The minimum atomic E-state index is -0.344. The largest absolute Gasteiger partial charge is 0.344 e. The highest BCUT2D eigenvalue weighted by molar-refractivity contribution is 5.81. The Morgan fingerprint density at radius 2 is 1.86 bits per heavy atom. The number of nitrogens with zero attached hydrogens (tertiary/aromatic N) is 1. The van der Waals surface area contributed by atoms with Crippen LogP contribution in [0.4, 0.5) is 0 Å². The molecule has 0 saturated carbocycles. The van der Waals surface area contributed by atoms with E-state index in [0.717, 1.165) is 13.0 Å². The molecule has 0 aliphatic carbocycles. The quantitative estimate of drug-likeness (QED) is 0.730. The zero-order chi connectivity index (χ0) is 11.3. The standard InChI is InChI=1S/C11H24N2O/c1-6-9(4)10(12)11(14)13(5)7-8(2)3/h8-10H,6-7,12H2,1-5H3. The Balaban J connectivity index is 4.17. The van der Waals surface area contributed by atoms with Gasteiger partial charge in [-0.2, -0.15) is 0 Å². The van der Waals surface area contributed by atoms with Gasteiger partial charge in [0.2, 0.25) is 5.91 Å². The van der Waals surface area contributed by atoms with E-state index in [-0.39, 0.29) is 17.9 Å². The highest BCUT2D eigenvalue weighted by Crippen LogP contribution is 2.08. The van der Waals surface area contributed by atoms with Gasteiger partial charge in [-0.15, -0.1) is 0 Å². The molecule has 0 saturated heterocycles. The van der Waals surface area contributed by atoms with Crippen molar-refractivity contribution in [1.29, 1.82) is 0 Å². The van der Waals surface area contributed by atoms with Crippen molar-refractivity contribution in [3.63, 3.8) is 0 Å². The van der Waals surface area contributed by atoms with Crippen LogP contribution in [0.3, 0.4) is 0 Å². The topological polar surface area (TPSA) is 46.3 Å². The molecule has 3 heteroatoms. The van der Waals surface area contributed by atoms with Gasteiger partial charge in [-0.25, -0.2) is 0 Å². The Labute approximate surface area is 87.6 Å². The first kappa shape index (κ1) is 13.4. The first-order chi connectivity index (χ1) is 6.40. The molecular weight excluding hydrogens is 176 g/mol. The summed E-state index contributed by atoms with van der Waals surface area (Å²) in [5, 5.41) is 0. The number of hydrogen-bond donors (Lipinski definition) is 1. The van der Waals surface area contributed by atoms with Crippen molar-refractivity contribution in [2.75, 3.05) is 13.6 Å². The van der Waals surface area contributed by atoms with E-state index in [2.05, 4.69) is 20.8 Å². The second kappa shape index (κ2) is 6.02. The zero-order valence-corrected chi connectivity index (χ0v) is 10.1. The van der Waals surface area contributed by atoms with Crippen LogP contribution in [-0.4, -0.2) is 30.4 Å². The number of likely N-dealkylation sites (N-methyl/N-ethyl adjacent to an activating group) is 1. The lowest BCUT2D eigenvalue weighted by Crippen LogP contribution is -2.46. The SMILES string of the molecule is CCC(C)C(N)C(=O)N(C)CC(C)C. The van der Waals surface area contributed by atoms with Gasteiger partial charge in [0.25, 0.3) is 0 Å². The Morgan fingerprint density at radius 3 is 2.21 bits per heavy atom. The third kappa shape index (κ3) is 4.09. The Morgan fingerprint density at radius 1 is 1.36 bits per heavy atom. The number of amides is 1. The Bertz CT molecular complexity index is 180. The van der Waals surface area contributed by atoms with Crippen LogP contribution < -0.4 is 5.73 Å². The van der Waals surface area contributed by atoms with Crippen LogP contribution in [-0.2, 0) is 4.79 Å². The smallest absolute Gasteiger partial charge is 0.239 e. The molecule has 0 rings (SSSR count). The second-order valence-electron chi connectivity index (χ2n) is 4.52. The van der Waals surface area contributed by atoms with Crippen molar-refractivity contribution in [2.24, 2.45) is 17.6 Å². The molecule has 0 radical (unpaired) electrons. The predicted molar refractivity (Wildman–Crippen MR) is 59.9 cm³/mol. The van der Waals surface area contributed by atoms with Crippen molar-refractivity contribution in [3.8, 4) is 0 Å². The van der Waals surface area contributed by atoms with Crippen LogP contribution in [0.2, 0.25) is 0 Å². The van der Waals surface area contributed by atoms with Gasteiger partial charge in [-0.3, -0.25) is 4.79 Å². The van der Waals surface area contributed by atoms with Crippen molar-refractivity contribution in [1.82, 2.24) is 4.90 Å². The number of nitrogens with two attached hydrogens (primary N) is 1. The van der Waals surface area contributed by atoms with Crippen LogP contribution in [0.25, 0.3) is 0 Å².